The smallest absolute Gasteiger partial charge is 0.303 e. The van der Waals surface area contributed by atoms with Crippen molar-refractivity contribution in [1.29, 1.82) is 0 Å². The van der Waals surface area contributed by atoms with Gasteiger partial charge in [-0.05, 0) is 24.3 Å². The fourth-order valence-electron chi connectivity index (χ4n) is 1.51. The van der Waals surface area contributed by atoms with E-state index in [4.69, 9.17) is 9.52 Å². The summed E-state index contributed by atoms with van der Waals surface area (Å²) in [5.74, 6) is -0.727. The zero-order valence-corrected chi connectivity index (χ0v) is 8.89. The summed E-state index contributed by atoms with van der Waals surface area (Å²) in [7, 11) is 0. The molecule has 88 valence electrons. The molecule has 0 atom stereocenters. The van der Waals surface area contributed by atoms with Crippen LogP contribution in [0.25, 0.3) is 11.3 Å². The third-order valence-electron chi connectivity index (χ3n) is 2.32. The molecule has 2 aromatic rings. The molecule has 5 heteroatoms. The number of nitrogens with zero attached hydrogens (tertiary/aromatic N) is 1. The molecule has 1 heterocycles. The van der Waals surface area contributed by atoms with E-state index in [0.29, 0.717) is 17.0 Å². The Kier molecular flexibility index (Phi) is 3.18. The summed E-state index contributed by atoms with van der Waals surface area (Å²) in [4.78, 5) is 14.5. The second-order valence-electron chi connectivity index (χ2n) is 3.52. The van der Waals surface area contributed by atoms with Crippen LogP contribution in [0.1, 0.15) is 12.2 Å². The van der Waals surface area contributed by atoms with Gasteiger partial charge in [0.2, 0.25) is 0 Å². The van der Waals surface area contributed by atoms with Gasteiger partial charge in [0, 0.05) is 12.0 Å². The average Bonchev–Trinajstić information content (AvgIpc) is 2.75. The van der Waals surface area contributed by atoms with Crippen molar-refractivity contribution in [3.05, 3.63) is 42.2 Å². The summed E-state index contributed by atoms with van der Waals surface area (Å²) < 4.78 is 17.9. The number of rotatable bonds is 4. The molecule has 1 aromatic heterocycles. The first-order valence-electron chi connectivity index (χ1n) is 5.07. The van der Waals surface area contributed by atoms with Crippen LogP contribution in [0.5, 0.6) is 0 Å². The van der Waals surface area contributed by atoms with E-state index < -0.39 is 5.97 Å². The highest BCUT2D eigenvalue weighted by Gasteiger charge is 2.12. The minimum absolute atomic E-state index is 0.0244. The van der Waals surface area contributed by atoms with Gasteiger partial charge in [0.05, 0.1) is 6.42 Å². The molecule has 4 nitrogen and oxygen atoms in total. The van der Waals surface area contributed by atoms with Crippen LogP contribution in [-0.4, -0.2) is 16.1 Å². The summed E-state index contributed by atoms with van der Waals surface area (Å²) in [5.41, 5.74) is 1.27. The largest absolute Gasteiger partial charge is 0.481 e. The van der Waals surface area contributed by atoms with Crippen molar-refractivity contribution in [2.24, 2.45) is 0 Å². The first kappa shape index (κ1) is 11.3. The fourth-order valence-corrected chi connectivity index (χ4v) is 1.51. The highest BCUT2D eigenvalue weighted by atomic mass is 19.1. The van der Waals surface area contributed by atoms with Gasteiger partial charge in [0.15, 0.2) is 6.39 Å². The summed E-state index contributed by atoms with van der Waals surface area (Å²) in [5, 5.41) is 8.60. The van der Waals surface area contributed by atoms with Crippen LogP contribution >= 0.6 is 0 Å². The van der Waals surface area contributed by atoms with Gasteiger partial charge in [-0.1, -0.05) is 0 Å². The van der Waals surface area contributed by atoms with Crippen LogP contribution in [0, 0.1) is 5.82 Å². The average molecular weight is 235 g/mol. The second-order valence-corrected chi connectivity index (χ2v) is 3.52. The number of carbonyl (C=O) groups is 1. The SMILES string of the molecule is O=C(O)CCc1ocnc1-c1ccc(F)cc1. The summed E-state index contributed by atoms with van der Waals surface area (Å²) in [6.45, 7) is 0. The minimum atomic E-state index is -0.897. The number of carboxylic acids is 1. The number of aromatic nitrogens is 1. The molecule has 0 aliphatic rings. The Bertz CT molecular complexity index is 519. The summed E-state index contributed by atoms with van der Waals surface area (Å²) >= 11 is 0. The van der Waals surface area contributed by atoms with E-state index in [1.165, 1.54) is 18.5 Å². The lowest BCUT2D eigenvalue weighted by Crippen LogP contribution is -1.97. The second kappa shape index (κ2) is 4.78. The molecule has 1 N–H and O–H groups in total. The number of halogens is 1. The molecule has 0 saturated heterocycles. The molecular weight excluding hydrogens is 225 g/mol. The maximum absolute atomic E-state index is 12.8. The number of aryl methyl sites for hydroxylation is 1. The van der Waals surface area contributed by atoms with Gasteiger partial charge >= 0.3 is 5.97 Å². The molecule has 0 bridgehead atoms. The molecule has 1 aromatic carbocycles. The van der Waals surface area contributed by atoms with E-state index in [1.54, 1.807) is 12.1 Å². The Morgan fingerprint density at radius 3 is 2.71 bits per heavy atom. The molecule has 0 aliphatic carbocycles. The van der Waals surface area contributed by atoms with Crippen molar-refractivity contribution in [1.82, 2.24) is 4.98 Å². The first-order chi connectivity index (χ1) is 8.16. The van der Waals surface area contributed by atoms with Crippen molar-refractivity contribution in [2.75, 3.05) is 0 Å². The lowest BCUT2D eigenvalue weighted by Gasteiger charge is -1.99. The summed E-state index contributed by atoms with van der Waals surface area (Å²) in [6, 6.07) is 5.81. The Labute approximate surface area is 96.7 Å². The van der Waals surface area contributed by atoms with Crippen molar-refractivity contribution in [3.8, 4) is 11.3 Å². The van der Waals surface area contributed by atoms with Gasteiger partial charge in [-0.15, -0.1) is 0 Å². The van der Waals surface area contributed by atoms with E-state index in [2.05, 4.69) is 4.98 Å². The molecule has 0 unspecified atom stereocenters. The Morgan fingerprint density at radius 1 is 1.35 bits per heavy atom. The third kappa shape index (κ3) is 2.69. The van der Waals surface area contributed by atoms with E-state index >= 15 is 0 Å². The number of hydrogen-bond acceptors (Lipinski definition) is 3. The highest BCUT2D eigenvalue weighted by molar-refractivity contribution is 5.68. The summed E-state index contributed by atoms with van der Waals surface area (Å²) in [6.07, 6.45) is 1.50. The topological polar surface area (TPSA) is 63.3 Å². The maximum atomic E-state index is 12.8. The Hall–Kier alpha value is -2.17. The van der Waals surface area contributed by atoms with Gasteiger partial charge in [-0.25, -0.2) is 9.37 Å². The van der Waals surface area contributed by atoms with E-state index in [0.717, 1.165) is 0 Å². The van der Waals surface area contributed by atoms with Crippen molar-refractivity contribution >= 4 is 5.97 Å². The molecule has 17 heavy (non-hydrogen) atoms. The molecule has 0 radical (unpaired) electrons. The predicted octanol–water partition coefficient (Wildman–Crippen LogP) is 2.50. The molecule has 0 spiro atoms. The van der Waals surface area contributed by atoms with Crippen LogP contribution in [0.4, 0.5) is 4.39 Å². The third-order valence-corrected chi connectivity index (χ3v) is 2.32. The Balaban J connectivity index is 2.24. The zero-order chi connectivity index (χ0) is 12.3. The number of carboxylic acid groups (broad SMARTS) is 1. The minimum Gasteiger partial charge on any atom is -0.481 e. The zero-order valence-electron chi connectivity index (χ0n) is 8.89. The van der Waals surface area contributed by atoms with E-state index in [9.17, 15) is 9.18 Å². The van der Waals surface area contributed by atoms with Crippen LogP contribution in [-0.2, 0) is 11.2 Å². The van der Waals surface area contributed by atoms with E-state index in [-0.39, 0.29) is 18.7 Å². The van der Waals surface area contributed by atoms with Crippen molar-refractivity contribution in [3.63, 3.8) is 0 Å². The maximum Gasteiger partial charge on any atom is 0.303 e. The molecule has 0 saturated carbocycles. The number of hydrogen-bond donors (Lipinski definition) is 1. The Morgan fingerprint density at radius 2 is 2.06 bits per heavy atom. The standard InChI is InChI=1S/C12H10FNO3/c13-9-3-1-8(2-4-9)12-10(17-7-14-12)5-6-11(15)16/h1-4,7H,5-6H2,(H,15,16). The quantitative estimate of drug-likeness (QED) is 0.884. The lowest BCUT2D eigenvalue weighted by molar-refractivity contribution is -0.137. The fraction of sp³-hybridized carbons (Fsp3) is 0.167. The monoisotopic (exact) mass is 235 g/mol. The normalized spacial score (nSPS) is 10.4. The van der Waals surface area contributed by atoms with Crippen molar-refractivity contribution < 1.29 is 18.7 Å². The van der Waals surface area contributed by atoms with Crippen LogP contribution < -0.4 is 0 Å². The van der Waals surface area contributed by atoms with Gasteiger partial charge in [-0.3, -0.25) is 4.79 Å². The van der Waals surface area contributed by atoms with Crippen LogP contribution in [0.3, 0.4) is 0 Å². The van der Waals surface area contributed by atoms with E-state index in [1.807, 2.05) is 0 Å². The number of oxazole rings is 1. The number of aliphatic carboxylic acids is 1. The molecular formula is C12H10FNO3. The molecule has 0 amide bonds. The van der Waals surface area contributed by atoms with Gasteiger partial charge in [0.1, 0.15) is 17.3 Å². The highest BCUT2D eigenvalue weighted by Crippen LogP contribution is 2.23. The van der Waals surface area contributed by atoms with Crippen LogP contribution in [0.2, 0.25) is 0 Å². The molecule has 2 rings (SSSR count). The van der Waals surface area contributed by atoms with Gasteiger partial charge < -0.3 is 9.52 Å². The number of benzene rings is 1. The van der Waals surface area contributed by atoms with Crippen molar-refractivity contribution in [2.45, 2.75) is 12.8 Å². The van der Waals surface area contributed by atoms with Gasteiger partial charge in [-0.2, -0.15) is 0 Å². The predicted molar refractivity (Wildman–Crippen MR) is 57.9 cm³/mol. The lowest BCUT2D eigenvalue weighted by atomic mass is 10.1. The first-order valence-corrected chi connectivity index (χ1v) is 5.07. The van der Waals surface area contributed by atoms with Gasteiger partial charge in [0.25, 0.3) is 0 Å². The molecule has 0 fully saturated rings. The van der Waals surface area contributed by atoms with Crippen LogP contribution in [0.15, 0.2) is 35.1 Å². The molecule has 0 aliphatic heterocycles.